The normalized spacial score (nSPS) is 10.2. The van der Waals surface area contributed by atoms with Crippen LogP contribution < -0.4 is 25.8 Å². The fraction of sp³-hybridized carbons (Fsp3) is 0.105. The fourth-order valence-electron chi connectivity index (χ4n) is 2.54. The van der Waals surface area contributed by atoms with Crippen LogP contribution in [-0.2, 0) is 0 Å². The number of ether oxygens (including phenoxy) is 2. The van der Waals surface area contributed by atoms with Gasteiger partial charge in [-0.15, -0.1) is 0 Å². The fourth-order valence-corrected chi connectivity index (χ4v) is 2.54. The van der Waals surface area contributed by atoms with Crippen molar-refractivity contribution in [3.63, 3.8) is 0 Å². The molecule has 0 spiro atoms. The molecular weight excluding hydrogens is 392 g/mol. The summed E-state index contributed by atoms with van der Waals surface area (Å²) in [7, 11) is 1.58. The van der Waals surface area contributed by atoms with E-state index in [9.17, 15) is 14.9 Å². The topological polar surface area (TPSA) is 155 Å². The Kier molecular flexibility index (Phi) is 5.92. The first-order valence-electron chi connectivity index (χ1n) is 8.63. The number of carbonyl (C=O) groups excluding carboxylic acids is 1. The number of amides is 1. The lowest BCUT2D eigenvalue weighted by molar-refractivity contribution is -0.384. The van der Waals surface area contributed by atoms with E-state index in [0.717, 1.165) is 17.4 Å². The van der Waals surface area contributed by atoms with Crippen LogP contribution >= 0.6 is 0 Å². The number of primary amides is 1. The summed E-state index contributed by atoms with van der Waals surface area (Å²) in [6.07, 6.45) is 0.174. The SMILES string of the molecule is COc1ccc(Nc2ncc([N+](=O)[O-])c(Nc3ccc(OC(N)=O)cc3)n2)c(C)c1. The van der Waals surface area contributed by atoms with Crippen molar-refractivity contribution in [3.05, 3.63) is 64.3 Å². The van der Waals surface area contributed by atoms with Crippen LogP contribution in [0.25, 0.3) is 0 Å². The minimum atomic E-state index is -0.938. The molecule has 0 saturated heterocycles. The summed E-state index contributed by atoms with van der Waals surface area (Å²) in [6, 6.07) is 11.5. The van der Waals surface area contributed by atoms with Crippen molar-refractivity contribution in [2.75, 3.05) is 17.7 Å². The Hall–Kier alpha value is -4.41. The molecular formula is C19H18N6O5. The number of hydrogen-bond acceptors (Lipinski definition) is 9. The molecule has 1 heterocycles. The van der Waals surface area contributed by atoms with Crippen LogP contribution in [-0.4, -0.2) is 28.1 Å². The summed E-state index contributed by atoms with van der Waals surface area (Å²) in [5.74, 6) is 1.11. The van der Waals surface area contributed by atoms with Gasteiger partial charge in [0.2, 0.25) is 11.8 Å². The number of nitro groups is 1. The Morgan fingerprint density at radius 1 is 1.13 bits per heavy atom. The molecule has 0 atom stereocenters. The first kappa shape index (κ1) is 20.3. The molecule has 4 N–H and O–H groups in total. The summed E-state index contributed by atoms with van der Waals surface area (Å²) in [5, 5.41) is 17.3. The number of carbonyl (C=O) groups is 1. The summed E-state index contributed by atoms with van der Waals surface area (Å²) in [4.78, 5) is 29.8. The maximum Gasteiger partial charge on any atom is 0.409 e. The van der Waals surface area contributed by atoms with Gasteiger partial charge in [-0.25, -0.2) is 9.78 Å². The lowest BCUT2D eigenvalue weighted by Crippen LogP contribution is -2.16. The van der Waals surface area contributed by atoms with E-state index < -0.39 is 11.0 Å². The second-order valence-corrected chi connectivity index (χ2v) is 6.06. The predicted octanol–water partition coefficient (Wildman–Crippen LogP) is 3.65. The number of nitrogens with one attached hydrogen (secondary N) is 2. The molecule has 0 fully saturated rings. The highest BCUT2D eigenvalue weighted by Gasteiger charge is 2.18. The lowest BCUT2D eigenvalue weighted by Gasteiger charge is -2.11. The average Bonchev–Trinajstić information content (AvgIpc) is 2.70. The van der Waals surface area contributed by atoms with Gasteiger partial charge in [-0.3, -0.25) is 10.1 Å². The molecule has 0 radical (unpaired) electrons. The van der Waals surface area contributed by atoms with E-state index in [1.165, 1.54) is 12.1 Å². The molecule has 0 aliphatic heterocycles. The number of anilines is 4. The summed E-state index contributed by atoms with van der Waals surface area (Å²) < 4.78 is 9.93. The van der Waals surface area contributed by atoms with Gasteiger partial charge in [-0.1, -0.05) is 0 Å². The Labute approximate surface area is 171 Å². The van der Waals surface area contributed by atoms with E-state index in [1.54, 1.807) is 31.4 Å². The van der Waals surface area contributed by atoms with Gasteiger partial charge in [0.25, 0.3) is 0 Å². The number of nitrogens with two attached hydrogens (primary N) is 1. The third-order valence-corrected chi connectivity index (χ3v) is 3.98. The van der Waals surface area contributed by atoms with E-state index in [2.05, 4.69) is 20.6 Å². The first-order chi connectivity index (χ1) is 14.4. The number of methoxy groups -OCH3 is 1. The van der Waals surface area contributed by atoms with Gasteiger partial charge in [0.15, 0.2) is 0 Å². The van der Waals surface area contributed by atoms with E-state index in [0.29, 0.717) is 11.4 Å². The third-order valence-electron chi connectivity index (χ3n) is 3.98. The van der Waals surface area contributed by atoms with Gasteiger partial charge in [-0.2, -0.15) is 4.98 Å². The van der Waals surface area contributed by atoms with Crippen molar-refractivity contribution >= 4 is 34.9 Å². The molecule has 0 unspecified atom stereocenters. The second-order valence-electron chi connectivity index (χ2n) is 6.06. The van der Waals surface area contributed by atoms with Gasteiger partial charge in [0, 0.05) is 11.4 Å². The number of hydrogen-bond donors (Lipinski definition) is 3. The molecule has 0 saturated carbocycles. The molecule has 11 nitrogen and oxygen atoms in total. The van der Waals surface area contributed by atoms with E-state index >= 15 is 0 Å². The molecule has 3 rings (SSSR count). The van der Waals surface area contributed by atoms with Crippen LogP contribution in [0.4, 0.5) is 33.6 Å². The number of nitrogens with zero attached hydrogens (tertiary/aromatic N) is 3. The molecule has 1 amide bonds. The smallest absolute Gasteiger partial charge is 0.409 e. The summed E-state index contributed by atoms with van der Waals surface area (Å²) in [6.45, 7) is 1.88. The first-order valence-corrected chi connectivity index (χ1v) is 8.63. The highest BCUT2D eigenvalue weighted by atomic mass is 16.6. The molecule has 154 valence electrons. The predicted molar refractivity (Wildman–Crippen MR) is 110 cm³/mol. The third kappa shape index (κ3) is 4.90. The van der Waals surface area contributed by atoms with E-state index in [1.807, 2.05) is 13.0 Å². The van der Waals surface area contributed by atoms with Crippen molar-refractivity contribution in [2.24, 2.45) is 5.73 Å². The second kappa shape index (κ2) is 8.73. The van der Waals surface area contributed by atoms with Gasteiger partial charge in [0.05, 0.1) is 12.0 Å². The van der Waals surface area contributed by atoms with Crippen LogP contribution in [0.15, 0.2) is 48.7 Å². The minimum Gasteiger partial charge on any atom is -0.497 e. The highest BCUT2D eigenvalue weighted by Crippen LogP contribution is 2.29. The number of aryl methyl sites for hydroxylation is 1. The quantitative estimate of drug-likeness (QED) is 0.391. The maximum absolute atomic E-state index is 11.4. The Bertz CT molecular complexity index is 1090. The zero-order valence-electron chi connectivity index (χ0n) is 16.1. The summed E-state index contributed by atoms with van der Waals surface area (Å²) in [5.41, 5.74) is 6.76. The van der Waals surface area contributed by atoms with Crippen LogP contribution in [0.3, 0.4) is 0 Å². The van der Waals surface area contributed by atoms with Crippen molar-refractivity contribution < 1.29 is 19.2 Å². The van der Waals surface area contributed by atoms with Crippen LogP contribution in [0.5, 0.6) is 11.5 Å². The molecule has 30 heavy (non-hydrogen) atoms. The summed E-state index contributed by atoms with van der Waals surface area (Å²) >= 11 is 0. The van der Waals surface area contributed by atoms with Gasteiger partial charge in [-0.05, 0) is 55.0 Å². The molecule has 0 aliphatic carbocycles. The molecule has 3 aromatic rings. The van der Waals surface area contributed by atoms with Crippen molar-refractivity contribution in [3.8, 4) is 11.5 Å². The lowest BCUT2D eigenvalue weighted by atomic mass is 10.2. The molecule has 1 aromatic heterocycles. The number of aromatic nitrogens is 2. The maximum atomic E-state index is 11.4. The zero-order chi connectivity index (χ0) is 21.7. The number of rotatable bonds is 7. The van der Waals surface area contributed by atoms with Crippen LogP contribution in [0, 0.1) is 17.0 Å². The molecule has 11 heteroatoms. The average molecular weight is 410 g/mol. The standard InChI is InChI=1S/C19H18N6O5/c1-11-9-14(29-2)7-8-15(11)23-19-21-10-16(25(27)28)17(24-19)22-12-3-5-13(6-4-12)30-18(20)26/h3-10H,1-2H3,(H2,20,26)(H2,21,22,23,24). The van der Waals surface area contributed by atoms with Gasteiger partial charge < -0.3 is 25.8 Å². The number of benzene rings is 2. The zero-order valence-corrected chi connectivity index (χ0v) is 16.1. The Morgan fingerprint density at radius 2 is 1.83 bits per heavy atom. The minimum absolute atomic E-state index is 0.00719. The molecule has 2 aromatic carbocycles. The van der Waals surface area contributed by atoms with Crippen molar-refractivity contribution in [1.82, 2.24) is 9.97 Å². The van der Waals surface area contributed by atoms with Crippen molar-refractivity contribution in [1.29, 1.82) is 0 Å². The van der Waals surface area contributed by atoms with Gasteiger partial charge in [0.1, 0.15) is 17.7 Å². The van der Waals surface area contributed by atoms with E-state index in [4.69, 9.17) is 15.2 Å². The monoisotopic (exact) mass is 410 g/mol. The molecule has 0 aliphatic rings. The Morgan fingerprint density at radius 3 is 2.43 bits per heavy atom. The van der Waals surface area contributed by atoms with Crippen molar-refractivity contribution in [2.45, 2.75) is 6.92 Å². The van der Waals surface area contributed by atoms with Gasteiger partial charge >= 0.3 is 11.8 Å². The van der Waals surface area contributed by atoms with Crippen LogP contribution in [0.1, 0.15) is 5.56 Å². The Balaban J connectivity index is 1.86. The van der Waals surface area contributed by atoms with Crippen LogP contribution in [0.2, 0.25) is 0 Å². The van der Waals surface area contributed by atoms with E-state index in [-0.39, 0.29) is 23.2 Å². The highest BCUT2D eigenvalue weighted by molar-refractivity contribution is 5.70. The largest absolute Gasteiger partial charge is 0.497 e. The molecule has 0 bridgehead atoms.